The van der Waals surface area contributed by atoms with Gasteiger partial charge in [-0.15, -0.1) is 0 Å². The molecule has 0 heterocycles. The molecule has 0 bridgehead atoms. The fourth-order valence-corrected chi connectivity index (χ4v) is 2.83. The number of aliphatic hydroxyl groups excluding tert-OH is 1. The molecule has 0 saturated heterocycles. The Morgan fingerprint density at radius 3 is 2.58 bits per heavy atom. The molecule has 1 aromatic carbocycles. The summed E-state index contributed by atoms with van der Waals surface area (Å²) in [6.07, 6.45) is 1.66. The van der Waals surface area contributed by atoms with Crippen LogP contribution < -0.4 is 10.6 Å². The molecule has 3 nitrogen and oxygen atoms in total. The molecule has 5 heteroatoms. The van der Waals surface area contributed by atoms with Gasteiger partial charge in [-0.2, -0.15) is 0 Å². The zero-order valence-electron chi connectivity index (χ0n) is 10.9. The number of benzene rings is 1. The lowest BCUT2D eigenvalue weighted by atomic mass is 10.1. The van der Waals surface area contributed by atoms with Crippen molar-refractivity contribution in [1.29, 1.82) is 0 Å². The van der Waals surface area contributed by atoms with Crippen LogP contribution in [-0.2, 0) is 0 Å². The van der Waals surface area contributed by atoms with Crippen LogP contribution >= 0.6 is 0 Å². The van der Waals surface area contributed by atoms with Crippen molar-refractivity contribution >= 4 is 11.4 Å². The van der Waals surface area contributed by atoms with Crippen molar-refractivity contribution in [2.75, 3.05) is 23.8 Å². The van der Waals surface area contributed by atoms with Crippen LogP contribution in [0.1, 0.15) is 37.7 Å². The highest BCUT2D eigenvalue weighted by Gasteiger charge is 2.26. The number of hydrogen-bond acceptors (Lipinski definition) is 3. The van der Waals surface area contributed by atoms with E-state index in [2.05, 4.69) is 0 Å². The Kier molecular flexibility index (Phi) is 4.58. The van der Waals surface area contributed by atoms with E-state index in [-0.39, 0.29) is 18.2 Å². The van der Waals surface area contributed by atoms with E-state index in [9.17, 15) is 13.9 Å². The third-order valence-corrected chi connectivity index (χ3v) is 3.70. The van der Waals surface area contributed by atoms with Crippen LogP contribution in [0, 0.1) is 0 Å². The predicted molar refractivity (Wildman–Crippen MR) is 72.5 cm³/mol. The minimum absolute atomic E-state index is 0.0381. The Bertz CT molecular complexity index is 420. The maximum Gasteiger partial charge on any atom is 0.265 e. The second-order valence-electron chi connectivity index (χ2n) is 4.97. The van der Waals surface area contributed by atoms with Crippen LogP contribution in [0.25, 0.3) is 0 Å². The average Bonchev–Trinajstić information content (AvgIpc) is 2.90. The quantitative estimate of drug-likeness (QED) is 0.809. The minimum Gasteiger partial charge on any atom is -0.399 e. The maximum atomic E-state index is 13.2. The van der Waals surface area contributed by atoms with Crippen LogP contribution in [-0.4, -0.2) is 24.3 Å². The second kappa shape index (κ2) is 6.19. The molecule has 0 aromatic heterocycles. The summed E-state index contributed by atoms with van der Waals surface area (Å²) in [5.74, 6) is 0. The summed E-state index contributed by atoms with van der Waals surface area (Å²) in [7, 11) is 0. The third-order valence-electron chi connectivity index (χ3n) is 3.70. The Morgan fingerprint density at radius 2 is 2.00 bits per heavy atom. The largest absolute Gasteiger partial charge is 0.399 e. The molecule has 1 saturated carbocycles. The Hall–Kier alpha value is -1.36. The van der Waals surface area contributed by atoms with Crippen molar-refractivity contribution < 1.29 is 13.9 Å². The molecular formula is C14H20F2N2O. The van der Waals surface area contributed by atoms with Gasteiger partial charge in [0.05, 0.1) is 6.61 Å². The Labute approximate surface area is 112 Å². The van der Waals surface area contributed by atoms with Crippen LogP contribution in [0.3, 0.4) is 0 Å². The Morgan fingerprint density at radius 1 is 1.32 bits per heavy atom. The Balaban J connectivity index is 2.34. The molecule has 1 aromatic rings. The third kappa shape index (κ3) is 3.15. The van der Waals surface area contributed by atoms with Crippen molar-refractivity contribution in [3.8, 4) is 0 Å². The van der Waals surface area contributed by atoms with E-state index in [0.29, 0.717) is 17.9 Å². The lowest BCUT2D eigenvalue weighted by Crippen LogP contribution is -2.36. The first-order valence-electron chi connectivity index (χ1n) is 6.68. The molecule has 0 spiro atoms. The molecule has 19 heavy (non-hydrogen) atoms. The minimum atomic E-state index is -2.55. The highest BCUT2D eigenvalue weighted by molar-refractivity contribution is 5.61. The van der Waals surface area contributed by atoms with E-state index < -0.39 is 6.43 Å². The molecule has 0 unspecified atom stereocenters. The summed E-state index contributed by atoms with van der Waals surface area (Å²) in [5, 5.41) is 9.19. The van der Waals surface area contributed by atoms with Gasteiger partial charge in [0.15, 0.2) is 0 Å². The van der Waals surface area contributed by atoms with Crippen LogP contribution in [0.2, 0.25) is 0 Å². The number of nitrogens with two attached hydrogens (primary N) is 1. The van der Waals surface area contributed by atoms with Gasteiger partial charge in [-0.1, -0.05) is 12.8 Å². The van der Waals surface area contributed by atoms with Crippen LogP contribution in [0.15, 0.2) is 18.2 Å². The zero-order valence-corrected chi connectivity index (χ0v) is 10.9. The number of alkyl halides is 2. The van der Waals surface area contributed by atoms with E-state index in [1.807, 2.05) is 4.90 Å². The topological polar surface area (TPSA) is 49.5 Å². The van der Waals surface area contributed by atoms with Crippen molar-refractivity contribution in [3.63, 3.8) is 0 Å². The summed E-state index contributed by atoms with van der Waals surface area (Å²) in [6.45, 7) is 0.345. The summed E-state index contributed by atoms with van der Waals surface area (Å²) in [5.41, 5.74) is 6.40. The summed E-state index contributed by atoms with van der Waals surface area (Å²) in [6, 6.07) is 4.86. The number of rotatable bonds is 5. The lowest BCUT2D eigenvalue weighted by molar-refractivity contribution is 0.151. The molecule has 0 aliphatic heterocycles. The number of aliphatic hydroxyl groups is 1. The zero-order chi connectivity index (χ0) is 13.8. The van der Waals surface area contributed by atoms with Crippen molar-refractivity contribution in [2.24, 2.45) is 0 Å². The fraction of sp³-hybridized carbons (Fsp3) is 0.571. The molecule has 1 aliphatic carbocycles. The van der Waals surface area contributed by atoms with Crippen molar-refractivity contribution in [1.82, 2.24) is 0 Å². The first-order valence-corrected chi connectivity index (χ1v) is 6.68. The van der Waals surface area contributed by atoms with E-state index >= 15 is 0 Å². The summed E-state index contributed by atoms with van der Waals surface area (Å²) in [4.78, 5) is 1.91. The van der Waals surface area contributed by atoms with Gasteiger partial charge in [0.25, 0.3) is 6.43 Å². The van der Waals surface area contributed by atoms with Gasteiger partial charge >= 0.3 is 0 Å². The monoisotopic (exact) mass is 270 g/mol. The lowest BCUT2D eigenvalue weighted by Gasteiger charge is -2.32. The van der Waals surface area contributed by atoms with Crippen molar-refractivity contribution in [2.45, 2.75) is 38.2 Å². The van der Waals surface area contributed by atoms with Gasteiger partial charge in [-0.3, -0.25) is 0 Å². The predicted octanol–water partition coefficient (Wildman–Crippen LogP) is 2.95. The summed E-state index contributed by atoms with van der Waals surface area (Å²) < 4.78 is 26.3. The molecule has 2 rings (SSSR count). The first kappa shape index (κ1) is 14.1. The number of halogens is 2. The number of nitrogen functional groups attached to an aromatic ring is 1. The van der Waals surface area contributed by atoms with Crippen LogP contribution in [0.5, 0.6) is 0 Å². The molecule has 0 amide bonds. The van der Waals surface area contributed by atoms with Gasteiger partial charge in [0, 0.05) is 29.5 Å². The number of hydrogen-bond donors (Lipinski definition) is 2. The molecule has 106 valence electrons. The molecule has 3 N–H and O–H groups in total. The average molecular weight is 270 g/mol. The molecule has 0 atom stereocenters. The van der Waals surface area contributed by atoms with Gasteiger partial charge in [0.1, 0.15) is 0 Å². The van der Waals surface area contributed by atoms with Gasteiger partial charge in [0.2, 0.25) is 0 Å². The van der Waals surface area contributed by atoms with Crippen LogP contribution in [0.4, 0.5) is 20.2 Å². The van der Waals surface area contributed by atoms with E-state index in [0.717, 1.165) is 25.7 Å². The maximum absolute atomic E-state index is 13.2. The number of nitrogens with zero attached hydrogens (tertiary/aromatic N) is 1. The van der Waals surface area contributed by atoms with E-state index in [1.165, 1.54) is 6.07 Å². The highest BCUT2D eigenvalue weighted by atomic mass is 19.3. The van der Waals surface area contributed by atoms with Gasteiger partial charge in [-0.25, -0.2) is 8.78 Å². The standard InChI is InChI=1S/C14H20F2N2O/c15-14(16)12-9-10(17)5-6-13(12)18(7-8-19)11-3-1-2-4-11/h5-6,9,11,14,19H,1-4,7-8,17H2. The molecule has 0 radical (unpaired) electrons. The van der Waals surface area contributed by atoms with E-state index in [1.54, 1.807) is 12.1 Å². The van der Waals surface area contributed by atoms with E-state index in [4.69, 9.17) is 5.73 Å². The molecule has 1 aliphatic rings. The fourth-order valence-electron chi connectivity index (χ4n) is 2.83. The normalized spacial score (nSPS) is 16.2. The van der Waals surface area contributed by atoms with Gasteiger partial charge in [-0.05, 0) is 31.0 Å². The SMILES string of the molecule is Nc1ccc(N(CCO)C2CCCC2)c(C(F)F)c1. The summed E-state index contributed by atoms with van der Waals surface area (Å²) >= 11 is 0. The van der Waals surface area contributed by atoms with Gasteiger partial charge < -0.3 is 15.7 Å². The number of anilines is 2. The second-order valence-corrected chi connectivity index (χ2v) is 4.97. The molecular weight excluding hydrogens is 250 g/mol. The smallest absolute Gasteiger partial charge is 0.265 e. The molecule has 1 fully saturated rings. The first-order chi connectivity index (χ1) is 9.13. The van der Waals surface area contributed by atoms with Crippen molar-refractivity contribution in [3.05, 3.63) is 23.8 Å². The highest BCUT2D eigenvalue weighted by Crippen LogP contribution is 2.35.